The number of rotatable bonds is 5. The molecule has 0 atom stereocenters. The van der Waals surface area contributed by atoms with Crippen molar-refractivity contribution in [2.45, 2.75) is 18.2 Å². The van der Waals surface area contributed by atoms with Crippen LogP contribution in [0.15, 0.2) is 70.7 Å². The summed E-state index contributed by atoms with van der Waals surface area (Å²) in [6.45, 7) is 1.84. The van der Waals surface area contributed by atoms with Crippen LogP contribution in [0, 0.1) is 5.82 Å². The average molecular weight is 459 g/mol. The normalized spacial score (nSPS) is 11.6. The third-order valence-corrected chi connectivity index (χ3v) is 6.40. The number of hydrogen-bond acceptors (Lipinski definition) is 5. The van der Waals surface area contributed by atoms with Crippen molar-refractivity contribution in [1.82, 2.24) is 14.4 Å². The van der Waals surface area contributed by atoms with Gasteiger partial charge in [0.05, 0.1) is 5.69 Å². The molecule has 0 unspecified atom stereocenters. The van der Waals surface area contributed by atoms with E-state index in [-0.39, 0.29) is 16.4 Å². The highest BCUT2D eigenvalue weighted by molar-refractivity contribution is 7.92. The third-order valence-electron chi connectivity index (χ3n) is 4.70. The second kappa shape index (κ2) is 8.09. The van der Waals surface area contributed by atoms with Crippen LogP contribution in [-0.4, -0.2) is 22.8 Å². The zero-order valence-electron chi connectivity index (χ0n) is 16.2. The first-order valence-electron chi connectivity index (χ1n) is 9.23. The Hall–Kier alpha value is -3.30. The topological polar surface area (TPSA) is 93.4 Å². The van der Waals surface area contributed by atoms with E-state index in [1.165, 1.54) is 41.1 Å². The molecule has 4 rings (SSSR count). The third kappa shape index (κ3) is 4.14. The van der Waals surface area contributed by atoms with Gasteiger partial charge >= 0.3 is 0 Å². The Kier molecular flexibility index (Phi) is 5.47. The monoisotopic (exact) mass is 458 g/mol. The number of aromatic nitrogens is 3. The van der Waals surface area contributed by atoms with Gasteiger partial charge in [-0.1, -0.05) is 24.6 Å². The number of pyridine rings is 2. The van der Waals surface area contributed by atoms with Gasteiger partial charge in [-0.25, -0.2) is 22.8 Å². The molecule has 0 aliphatic rings. The van der Waals surface area contributed by atoms with Crippen molar-refractivity contribution in [2.24, 2.45) is 0 Å². The van der Waals surface area contributed by atoms with Gasteiger partial charge in [-0.05, 0) is 42.3 Å². The van der Waals surface area contributed by atoms with E-state index in [4.69, 9.17) is 11.6 Å². The van der Waals surface area contributed by atoms with Crippen molar-refractivity contribution in [3.05, 3.63) is 87.9 Å². The lowest BCUT2D eigenvalue weighted by molar-refractivity contribution is 0.569. The maximum atomic E-state index is 14.4. The van der Waals surface area contributed by atoms with Gasteiger partial charge in [-0.15, -0.1) is 0 Å². The van der Waals surface area contributed by atoms with Gasteiger partial charge in [0.1, 0.15) is 16.4 Å². The van der Waals surface area contributed by atoms with Gasteiger partial charge < -0.3 is 0 Å². The molecule has 1 aromatic carbocycles. The zero-order chi connectivity index (χ0) is 22.2. The summed E-state index contributed by atoms with van der Waals surface area (Å²) < 4.78 is 43.5. The maximum absolute atomic E-state index is 14.4. The van der Waals surface area contributed by atoms with E-state index in [0.717, 1.165) is 0 Å². The van der Waals surface area contributed by atoms with Crippen LogP contribution >= 0.6 is 11.6 Å². The Balaban J connectivity index is 1.73. The summed E-state index contributed by atoms with van der Waals surface area (Å²) in [6, 6.07) is 10.1. The van der Waals surface area contributed by atoms with E-state index in [1.54, 1.807) is 24.4 Å². The quantitative estimate of drug-likeness (QED) is 0.457. The van der Waals surface area contributed by atoms with Crippen LogP contribution in [0.1, 0.15) is 12.5 Å². The molecule has 10 heteroatoms. The first kappa shape index (κ1) is 21.0. The SMILES string of the molecule is CCc1ccc(S(=O)(=O)Nc2cc(-c3ccc4nccc(=O)n4c3)cnc2Cl)c(F)c1. The Labute approximate surface area is 182 Å². The summed E-state index contributed by atoms with van der Waals surface area (Å²) in [4.78, 5) is 19.7. The first-order chi connectivity index (χ1) is 14.8. The summed E-state index contributed by atoms with van der Waals surface area (Å²) >= 11 is 6.09. The first-order valence-corrected chi connectivity index (χ1v) is 11.1. The Morgan fingerprint density at radius 2 is 1.90 bits per heavy atom. The molecule has 0 spiro atoms. The van der Waals surface area contributed by atoms with Crippen molar-refractivity contribution in [1.29, 1.82) is 0 Å². The Bertz CT molecular complexity index is 1470. The van der Waals surface area contributed by atoms with Crippen LogP contribution in [0.4, 0.5) is 10.1 Å². The molecule has 1 N–H and O–H groups in total. The number of anilines is 1. The predicted molar refractivity (Wildman–Crippen MR) is 116 cm³/mol. The van der Waals surface area contributed by atoms with Crippen LogP contribution in [0.25, 0.3) is 16.8 Å². The largest absolute Gasteiger partial charge is 0.276 e. The highest BCUT2D eigenvalue weighted by Crippen LogP contribution is 2.29. The zero-order valence-corrected chi connectivity index (χ0v) is 17.8. The number of aryl methyl sites for hydroxylation is 1. The number of fused-ring (bicyclic) bond motifs is 1. The molecule has 0 amide bonds. The van der Waals surface area contributed by atoms with Gasteiger partial charge in [0.2, 0.25) is 0 Å². The summed E-state index contributed by atoms with van der Waals surface area (Å²) in [6.07, 6.45) is 5.00. The van der Waals surface area contributed by atoms with Crippen LogP contribution in [0.5, 0.6) is 0 Å². The Morgan fingerprint density at radius 1 is 1.10 bits per heavy atom. The minimum atomic E-state index is -4.25. The van der Waals surface area contributed by atoms with Gasteiger partial charge in [0.15, 0.2) is 5.15 Å². The summed E-state index contributed by atoms with van der Waals surface area (Å²) in [5.41, 5.74) is 1.95. The van der Waals surface area contributed by atoms with Crippen molar-refractivity contribution >= 4 is 33.0 Å². The smallest absolute Gasteiger partial charge is 0.264 e. The van der Waals surface area contributed by atoms with Crippen molar-refractivity contribution in [3.63, 3.8) is 0 Å². The van der Waals surface area contributed by atoms with Crippen LogP contribution in [0.2, 0.25) is 5.15 Å². The number of sulfonamides is 1. The number of halogens is 2. The molecule has 0 aliphatic carbocycles. The van der Waals surface area contributed by atoms with Crippen molar-refractivity contribution in [2.75, 3.05) is 4.72 Å². The fourth-order valence-corrected chi connectivity index (χ4v) is 4.39. The van der Waals surface area contributed by atoms with Crippen LogP contribution in [0.3, 0.4) is 0 Å². The molecular weight excluding hydrogens is 443 g/mol. The molecule has 0 aliphatic heterocycles. The standard InChI is InChI=1S/C21H16ClFN4O3S/c1-2-13-3-5-18(16(23)9-13)31(29,30)26-17-10-15(11-25-21(17)22)14-4-6-19-24-8-7-20(28)27(19)12-14/h3-12,26H,2H2,1H3. The fourth-order valence-electron chi connectivity index (χ4n) is 3.06. The van der Waals surface area contributed by atoms with Gasteiger partial charge in [0, 0.05) is 35.8 Å². The lowest BCUT2D eigenvalue weighted by Crippen LogP contribution is -2.15. The van der Waals surface area contributed by atoms with E-state index in [1.807, 2.05) is 6.92 Å². The van der Waals surface area contributed by atoms with Crippen molar-refractivity contribution in [3.8, 4) is 11.1 Å². The van der Waals surface area contributed by atoms with E-state index in [9.17, 15) is 17.6 Å². The van der Waals surface area contributed by atoms with Gasteiger partial charge in [-0.3, -0.25) is 13.9 Å². The molecule has 3 aromatic heterocycles. The van der Waals surface area contributed by atoms with E-state index < -0.39 is 20.7 Å². The fraction of sp³-hybridized carbons (Fsp3) is 0.0952. The second-order valence-electron chi connectivity index (χ2n) is 6.72. The number of hydrogen-bond donors (Lipinski definition) is 1. The van der Waals surface area contributed by atoms with Gasteiger partial charge in [0.25, 0.3) is 15.6 Å². The molecule has 7 nitrogen and oxygen atoms in total. The average Bonchev–Trinajstić information content (AvgIpc) is 2.75. The molecular formula is C21H16ClFN4O3S. The van der Waals surface area contributed by atoms with Gasteiger partial charge in [-0.2, -0.15) is 0 Å². The molecule has 31 heavy (non-hydrogen) atoms. The lowest BCUT2D eigenvalue weighted by Gasteiger charge is -2.12. The molecule has 0 radical (unpaired) electrons. The second-order valence-corrected chi connectivity index (χ2v) is 8.72. The summed E-state index contributed by atoms with van der Waals surface area (Å²) in [5, 5.41) is -0.0995. The Morgan fingerprint density at radius 3 is 2.65 bits per heavy atom. The van der Waals surface area contributed by atoms with E-state index in [0.29, 0.717) is 28.8 Å². The number of benzene rings is 1. The molecule has 3 heterocycles. The molecule has 0 bridgehead atoms. The minimum Gasteiger partial charge on any atom is -0.276 e. The maximum Gasteiger partial charge on any atom is 0.264 e. The minimum absolute atomic E-state index is 0.0169. The molecule has 0 fully saturated rings. The summed E-state index contributed by atoms with van der Waals surface area (Å²) in [7, 11) is -4.25. The lowest BCUT2D eigenvalue weighted by atomic mass is 10.1. The van der Waals surface area contributed by atoms with Crippen LogP contribution in [-0.2, 0) is 16.4 Å². The molecule has 158 valence electrons. The van der Waals surface area contributed by atoms with Crippen molar-refractivity contribution < 1.29 is 12.8 Å². The molecule has 0 saturated heterocycles. The van der Waals surface area contributed by atoms with E-state index >= 15 is 0 Å². The van der Waals surface area contributed by atoms with Crippen LogP contribution < -0.4 is 10.3 Å². The summed E-state index contributed by atoms with van der Waals surface area (Å²) in [5.74, 6) is -0.853. The highest BCUT2D eigenvalue weighted by Gasteiger charge is 2.21. The molecule has 4 aromatic rings. The highest BCUT2D eigenvalue weighted by atomic mass is 35.5. The van der Waals surface area contributed by atoms with E-state index in [2.05, 4.69) is 14.7 Å². The number of nitrogens with zero attached hydrogens (tertiary/aromatic N) is 3. The predicted octanol–water partition coefficient (Wildman–Crippen LogP) is 3.91. The molecule has 0 saturated carbocycles. The number of nitrogens with one attached hydrogen (secondary N) is 1.